The minimum absolute atomic E-state index is 0.0763. The van der Waals surface area contributed by atoms with E-state index in [9.17, 15) is 4.79 Å². The quantitative estimate of drug-likeness (QED) is 0.708. The van der Waals surface area contributed by atoms with Crippen molar-refractivity contribution in [2.75, 3.05) is 45.9 Å². The third-order valence-corrected chi connectivity index (χ3v) is 5.04. The number of hydrogen-bond donors (Lipinski definition) is 2. The zero-order chi connectivity index (χ0) is 15.6. The number of carbonyl (C=O) groups excluding carboxylic acids is 1. The van der Waals surface area contributed by atoms with Gasteiger partial charge < -0.3 is 20.2 Å². The molecule has 0 saturated carbocycles. The van der Waals surface area contributed by atoms with Crippen LogP contribution in [-0.2, 0) is 0 Å². The molecule has 2 fully saturated rings. The molecule has 0 bridgehead atoms. The lowest BCUT2D eigenvalue weighted by Crippen LogP contribution is -2.45. The zero-order valence-corrected chi connectivity index (χ0v) is 13.9. The Morgan fingerprint density at radius 1 is 1.00 bits per heavy atom. The van der Waals surface area contributed by atoms with Crippen LogP contribution in [-0.4, -0.2) is 66.8 Å². The Hall–Kier alpha value is -0.810. The summed E-state index contributed by atoms with van der Waals surface area (Å²) in [6, 6.07) is 0.0763. The average molecular weight is 311 g/mol. The van der Waals surface area contributed by atoms with Gasteiger partial charge in [0, 0.05) is 26.2 Å². The number of unbranched alkanes of at least 4 members (excludes halogenated alkanes) is 2. The number of nitrogens with one attached hydrogen (secondary N) is 1. The van der Waals surface area contributed by atoms with Crippen LogP contribution in [0.25, 0.3) is 0 Å². The summed E-state index contributed by atoms with van der Waals surface area (Å²) in [5.41, 5.74) is 0. The first kappa shape index (κ1) is 17.5. The van der Waals surface area contributed by atoms with Crippen LogP contribution in [0.5, 0.6) is 0 Å². The molecule has 0 aromatic heterocycles. The second-order valence-electron chi connectivity index (χ2n) is 6.81. The molecule has 2 amide bonds. The van der Waals surface area contributed by atoms with E-state index in [1.807, 2.05) is 4.90 Å². The van der Waals surface area contributed by atoms with E-state index in [4.69, 9.17) is 5.11 Å². The monoisotopic (exact) mass is 311 g/mol. The molecule has 0 aromatic carbocycles. The maximum Gasteiger partial charge on any atom is 0.317 e. The molecule has 0 radical (unpaired) electrons. The highest BCUT2D eigenvalue weighted by atomic mass is 16.3. The van der Waals surface area contributed by atoms with Gasteiger partial charge in [0.1, 0.15) is 0 Å². The van der Waals surface area contributed by atoms with Gasteiger partial charge in [-0.25, -0.2) is 4.79 Å². The Bertz CT molecular complexity index is 311. The summed E-state index contributed by atoms with van der Waals surface area (Å²) < 4.78 is 0. The molecule has 2 rings (SSSR count). The molecule has 5 nitrogen and oxygen atoms in total. The van der Waals surface area contributed by atoms with Crippen molar-refractivity contribution < 1.29 is 9.90 Å². The predicted octanol–water partition coefficient (Wildman–Crippen LogP) is 2.06. The Morgan fingerprint density at radius 3 is 2.41 bits per heavy atom. The maximum atomic E-state index is 12.0. The normalized spacial score (nSPS) is 21.0. The standard InChI is InChI=1S/C17H33N3O2/c21-15-16-7-13-20(14-8-16)17(22)18-9-3-1-4-10-19-11-5-2-6-12-19/h16,21H,1-15H2,(H,18,22). The highest BCUT2D eigenvalue weighted by Crippen LogP contribution is 2.16. The SMILES string of the molecule is O=C(NCCCCCN1CCCCC1)N1CCC(CO)CC1. The highest BCUT2D eigenvalue weighted by molar-refractivity contribution is 5.74. The Balaban J connectivity index is 1.45. The molecule has 2 aliphatic rings. The van der Waals surface area contributed by atoms with Crippen molar-refractivity contribution >= 4 is 6.03 Å². The fourth-order valence-corrected chi connectivity index (χ4v) is 3.45. The van der Waals surface area contributed by atoms with E-state index in [-0.39, 0.29) is 12.6 Å². The van der Waals surface area contributed by atoms with Crippen LogP contribution in [0.15, 0.2) is 0 Å². The largest absolute Gasteiger partial charge is 0.396 e. The van der Waals surface area contributed by atoms with Crippen LogP contribution in [0.3, 0.4) is 0 Å². The summed E-state index contributed by atoms with van der Waals surface area (Å²) in [4.78, 5) is 16.5. The lowest BCUT2D eigenvalue weighted by atomic mass is 9.98. The number of nitrogens with zero attached hydrogens (tertiary/aromatic N) is 2. The number of hydrogen-bond acceptors (Lipinski definition) is 3. The minimum Gasteiger partial charge on any atom is -0.396 e. The fraction of sp³-hybridized carbons (Fsp3) is 0.941. The molecule has 2 N–H and O–H groups in total. The molecule has 128 valence electrons. The molecule has 2 saturated heterocycles. The van der Waals surface area contributed by atoms with E-state index in [2.05, 4.69) is 10.2 Å². The molecule has 2 aliphatic heterocycles. The molecule has 0 aliphatic carbocycles. The summed E-state index contributed by atoms with van der Waals surface area (Å²) in [5, 5.41) is 12.1. The van der Waals surface area contributed by atoms with E-state index in [1.54, 1.807) is 0 Å². The second-order valence-corrected chi connectivity index (χ2v) is 6.81. The molecular weight excluding hydrogens is 278 g/mol. The molecule has 0 atom stereocenters. The van der Waals surface area contributed by atoms with Crippen LogP contribution < -0.4 is 5.32 Å². The van der Waals surface area contributed by atoms with Gasteiger partial charge in [-0.1, -0.05) is 12.8 Å². The molecule has 5 heteroatoms. The van der Waals surface area contributed by atoms with Crippen LogP contribution in [0.1, 0.15) is 51.4 Å². The van der Waals surface area contributed by atoms with Gasteiger partial charge in [0.05, 0.1) is 0 Å². The first-order valence-electron chi connectivity index (χ1n) is 9.15. The highest BCUT2D eigenvalue weighted by Gasteiger charge is 2.21. The summed E-state index contributed by atoms with van der Waals surface area (Å²) in [5.74, 6) is 0.388. The van der Waals surface area contributed by atoms with Crippen LogP contribution in [0, 0.1) is 5.92 Å². The van der Waals surface area contributed by atoms with E-state index in [0.717, 1.165) is 38.9 Å². The van der Waals surface area contributed by atoms with E-state index < -0.39 is 0 Å². The topological polar surface area (TPSA) is 55.8 Å². The number of carbonyl (C=O) groups is 1. The molecular formula is C17H33N3O2. The lowest BCUT2D eigenvalue weighted by Gasteiger charge is -2.31. The van der Waals surface area contributed by atoms with Gasteiger partial charge in [-0.3, -0.25) is 0 Å². The number of urea groups is 1. The number of likely N-dealkylation sites (tertiary alicyclic amines) is 2. The molecule has 0 aromatic rings. The van der Waals surface area contributed by atoms with Crippen molar-refractivity contribution in [2.45, 2.75) is 51.4 Å². The molecule has 0 spiro atoms. The number of amides is 2. The number of aliphatic hydroxyl groups excluding tert-OH is 1. The molecule has 22 heavy (non-hydrogen) atoms. The average Bonchev–Trinajstić information content (AvgIpc) is 2.58. The van der Waals surface area contributed by atoms with Gasteiger partial charge in [0.25, 0.3) is 0 Å². The van der Waals surface area contributed by atoms with Gasteiger partial charge in [-0.15, -0.1) is 0 Å². The van der Waals surface area contributed by atoms with Crippen molar-refractivity contribution in [2.24, 2.45) is 5.92 Å². The maximum absolute atomic E-state index is 12.0. The van der Waals surface area contributed by atoms with E-state index in [1.165, 1.54) is 51.7 Å². The zero-order valence-electron chi connectivity index (χ0n) is 13.9. The van der Waals surface area contributed by atoms with E-state index >= 15 is 0 Å². The minimum atomic E-state index is 0.0763. The molecule has 2 heterocycles. The summed E-state index contributed by atoms with van der Waals surface area (Å²) in [7, 11) is 0. The summed E-state index contributed by atoms with van der Waals surface area (Å²) >= 11 is 0. The Labute approximate surface area is 135 Å². The summed E-state index contributed by atoms with van der Waals surface area (Å²) in [6.45, 7) is 6.40. The van der Waals surface area contributed by atoms with Crippen molar-refractivity contribution in [1.82, 2.24) is 15.1 Å². The first-order valence-corrected chi connectivity index (χ1v) is 9.15. The Morgan fingerprint density at radius 2 is 1.73 bits per heavy atom. The Kier molecular flexibility index (Phi) is 8.02. The predicted molar refractivity (Wildman–Crippen MR) is 88.9 cm³/mol. The summed E-state index contributed by atoms with van der Waals surface area (Å²) in [6.07, 6.45) is 9.51. The van der Waals surface area contributed by atoms with Crippen LogP contribution in [0.4, 0.5) is 4.79 Å². The molecule has 0 unspecified atom stereocenters. The van der Waals surface area contributed by atoms with Crippen molar-refractivity contribution in [1.29, 1.82) is 0 Å². The van der Waals surface area contributed by atoms with Gasteiger partial charge in [-0.2, -0.15) is 0 Å². The lowest BCUT2D eigenvalue weighted by molar-refractivity contribution is 0.137. The van der Waals surface area contributed by atoms with Gasteiger partial charge in [0.2, 0.25) is 0 Å². The third-order valence-electron chi connectivity index (χ3n) is 5.04. The fourth-order valence-electron chi connectivity index (χ4n) is 3.45. The first-order chi connectivity index (χ1) is 10.8. The number of aliphatic hydroxyl groups is 1. The van der Waals surface area contributed by atoms with Gasteiger partial charge in [0.15, 0.2) is 0 Å². The van der Waals surface area contributed by atoms with Gasteiger partial charge >= 0.3 is 6.03 Å². The van der Waals surface area contributed by atoms with Crippen LogP contribution >= 0.6 is 0 Å². The second kappa shape index (κ2) is 10.1. The van der Waals surface area contributed by atoms with Crippen molar-refractivity contribution in [3.63, 3.8) is 0 Å². The number of rotatable bonds is 7. The van der Waals surface area contributed by atoms with Crippen molar-refractivity contribution in [3.05, 3.63) is 0 Å². The van der Waals surface area contributed by atoms with Crippen LogP contribution in [0.2, 0.25) is 0 Å². The third kappa shape index (κ3) is 6.13. The number of piperidine rings is 2. The van der Waals surface area contributed by atoms with Crippen molar-refractivity contribution in [3.8, 4) is 0 Å². The van der Waals surface area contributed by atoms with E-state index in [0.29, 0.717) is 5.92 Å². The smallest absolute Gasteiger partial charge is 0.317 e. The van der Waals surface area contributed by atoms with Gasteiger partial charge in [-0.05, 0) is 64.1 Å².